The number of primary amides is 1. The number of pyridine rings is 1. The van der Waals surface area contributed by atoms with Gasteiger partial charge in [-0.05, 0) is 48.5 Å². The van der Waals surface area contributed by atoms with Gasteiger partial charge in [0.2, 0.25) is 0 Å². The molecule has 0 aliphatic carbocycles. The van der Waals surface area contributed by atoms with Gasteiger partial charge in [0, 0.05) is 29.0 Å². The summed E-state index contributed by atoms with van der Waals surface area (Å²) in [5.41, 5.74) is 9.06. The molecule has 2 heterocycles. The normalized spacial score (nSPS) is 10.6. The highest BCUT2D eigenvalue weighted by Crippen LogP contribution is 2.34. The third-order valence-corrected chi connectivity index (χ3v) is 5.07. The van der Waals surface area contributed by atoms with E-state index in [1.807, 2.05) is 22.8 Å². The van der Waals surface area contributed by atoms with Crippen molar-refractivity contribution in [3.05, 3.63) is 78.5 Å². The molecule has 168 valence electrons. The molecule has 0 bridgehead atoms. The number of halogens is 1. The van der Waals surface area contributed by atoms with E-state index in [9.17, 15) is 9.18 Å². The van der Waals surface area contributed by atoms with Crippen LogP contribution in [0.25, 0.3) is 22.5 Å². The van der Waals surface area contributed by atoms with Crippen LogP contribution in [0.2, 0.25) is 0 Å². The van der Waals surface area contributed by atoms with E-state index in [2.05, 4.69) is 15.3 Å². The molecule has 8 nitrogen and oxygen atoms in total. The molecule has 4 aromatic rings. The second kappa shape index (κ2) is 9.39. The number of nitrogens with zero attached hydrogens (tertiary/aromatic N) is 3. The van der Waals surface area contributed by atoms with Crippen LogP contribution in [-0.4, -0.2) is 34.8 Å². The highest BCUT2D eigenvalue weighted by Gasteiger charge is 2.18. The van der Waals surface area contributed by atoms with Gasteiger partial charge in [-0.15, -0.1) is 0 Å². The summed E-state index contributed by atoms with van der Waals surface area (Å²) < 4.78 is 26.3. The molecule has 0 unspecified atom stereocenters. The fourth-order valence-corrected chi connectivity index (χ4v) is 3.56. The molecule has 0 saturated carbocycles. The summed E-state index contributed by atoms with van der Waals surface area (Å²) in [6.07, 6.45) is 3.28. The predicted octanol–water partition coefficient (Wildman–Crippen LogP) is 4.31. The molecule has 0 atom stereocenters. The molecule has 2 aromatic heterocycles. The first-order valence-corrected chi connectivity index (χ1v) is 10.0. The largest absolute Gasteiger partial charge is 0.497 e. The monoisotopic (exact) mass is 447 g/mol. The Morgan fingerprint density at radius 1 is 1.03 bits per heavy atom. The number of urea groups is 1. The van der Waals surface area contributed by atoms with Crippen molar-refractivity contribution in [3.63, 3.8) is 0 Å². The molecule has 9 heteroatoms. The van der Waals surface area contributed by atoms with E-state index in [0.717, 1.165) is 22.4 Å². The van der Waals surface area contributed by atoms with Crippen molar-refractivity contribution >= 4 is 11.8 Å². The van der Waals surface area contributed by atoms with Gasteiger partial charge in [0.25, 0.3) is 0 Å². The van der Waals surface area contributed by atoms with Gasteiger partial charge in [-0.3, -0.25) is 5.32 Å². The lowest BCUT2D eigenvalue weighted by atomic mass is 10.0. The maximum Gasteiger partial charge on any atom is 0.317 e. The number of carbonyl (C=O) groups excluding carboxylic acids is 1. The van der Waals surface area contributed by atoms with Crippen LogP contribution in [0.3, 0.4) is 0 Å². The lowest BCUT2D eigenvalue weighted by Gasteiger charge is -2.14. The van der Waals surface area contributed by atoms with Gasteiger partial charge in [-0.1, -0.05) is 0 Å². The van der Waals surface area contributed by atoms with Crippen LogP contribution in [0.5, 0.6) is 11.5 Å². The minimum atomic E-state index is -0.713. The average Bonchev–Trinajstić information content (AvgIpc) is 3.23. The summed E-state index contributed by atoms with van der Waals surface area (Å²) in [6.45, 7) is 0.442. The minimum absolute atomic E-state index is 0.305. The molecule has 0 spiro atoms. The number of nitrogens with two attached hydrogens (primary N) is 1. The second-order valence-electron chi connectivity index (χ2n) is 7.17. The first-order valence-electron chi connectivity index (χ1n) is 10.0. The van der Waals surface area contributed by atoms with E-state index < -0.39 is 6.03 Å². The Hall–Kier alpha value is -4.40. The lowest BCUT2D eigenvalue weighted by molar-refractivity contribution is 0.259. The second-order valence-corrected chi connectivity index (χ2v) is 7.17. The third kappa shape index (κ3) is 4.77. The van der Waals surface area contributed by atoms with Crippen molar-refractivity contribution in [1.29, 1.82) is 0 Å². The van der Waals surface area contributed by atoms with E-state index >= 15 is 0 Å². The van der Waals surface area contributed by atoms with Gasteiger partial charge in [0.15, 0.2) is 0 Å². The number of aromatic nitrogens is 3. The third-order valence-electron chi connectivity index (χ3n) is 5.07. The summed E-state index contributed by atoms with van der Waals surface area (Å²) in [4.78, 5) is 20.1. The smallest absolute Gasteiger partial charge is 0.317 e. The molecule has 0 aliphatic heterocycles. The molecular formula is C24H22FN5O3. The molecule has 0 fully saturated rings. The summed E-state index contributed by atoms with van der Waals surface area (Å²) in [5, 5.41) is 2.49. The first-order chi connectivity index (χ1) is 16.0. The number of hydrogen-bond acceptors (Lipinski definition) is 5. The summed E-state index contributed by atoms with van der Waals surface area (Å²) in [5.74, 6) is 1.33. The van der Waals surface area contributed by atoms with Crippen LogP contribution in [0.15, 0.2) is 67.1 Å². The number of imidazole rings is 1. The number of amides is 2. The SMILES string of the molecule is COc1ccc(Cn2cnc(-c3ccc(F)cc3)c2-c2ccnc(NC(N)=O)c2)c(OC)c1. The highest BCUT2D eigenvalue weighted by atomic mass is 19.1. The van der Waals surface area contributed by atoms with E-state index in [1.165, 1.54) is 12.1 Å². The van der Waals surface area contributed by atoms with Gasteiger partial charge in [-0.25, -0.2) is 19.2 Å². The fourth-order valence-electron chi connectivity index (χ4n) is 3.56. The van der Waals surface area contributed by atoms with Gasteiger partial charge in [0.1, 0.15) is 23.1 Å². The molecule has 2 aromatic carbocycles. The average molecular weight is 447 g/mol. The fraction of sp³-hybridized carbons (Fsp3) is 0.125. The van der Waals surface area contributed by atoms with Crippen LogP contribution >= 0.6 is 0 Å². The molecule has 3 N–H and O–H groups in total. The Balaban J connectivity index is 1.83. The number of carbonyl (C=O) groups is 1. The van der Waals surface area contributed by atoms with Crippen molar-refractivity contribution < 1.29 is 18.7 Å². The van der Waals surface area contributed by atoms with Gasteiger partial charge < -0.3 is 19.8 Å². The van der Waals surface area contributed by atoms with Gasteiger partial charge in [-0.2, -0.15) is 0 Å². The minimum Gasteiger partial charge on any atom is -0.497 e. The van der Waals surface area contributed by atoms with Gasteiger partial charge in [0.05, 0.1) is 38.5 Å². The van der Waals surface area contributed by atoms with E-state index in [1.54, 1.807) is 51.0 Å². The summed E-state index contributed by atoms with van der Waals surface area (Å²) in [6, 6.07) is 14.5. The van der Waals surface area contributed by atoms with Crippen molar-refractivity contribution in [3.8, 4) is 34.0 Å². The van der Waals surface area contributed by atoms with Crippen molar-refractivity contribution in [1.82, 2.24) is 14.5 Å². The lowest BCUT2D eigenvalue weighted by Crippen LogP contribution is -2.19. The summed E-state index contributed by atoms with van der Waals surface area (Å²) >= 11 is 0. The zero-order valence-electron chi connectivity index (χ0n) is 18.1. The number of rotatable bonds is 7. The molecule has 0 saturated heterocycles. The maximum absolute atomic E-state index is 13.5. The standard InChI is InChI=1S/C24H22FN5O3/c1-32-19-8-5-17(20(12-19)33-2)13-30-14-28-22(15-3-6-18(25)7-4-15)23(30)16-9-10-27-21(11-16)29-24(26)31/h3-12,14H,13H2,1-2H3,(H3,26,27,29,31). The van der Waals surface area contributed by atoms with Crippen molar-refractivity contribution in [2.75, 3.05) is 19.5 Å². The Bertz CT molecular complexity index is 1290. The Morgan fingerprint density at radius 2 is 1.82 bits per heavy atom. The van der Waals surface area contributed by atoms with Crippen LogP contribution in [0, 0.1) is 5.82 Å². The number of benzene rings is 2. The Morgan fingerprint density at radius 3 is 2.52 bits per heavy atom. The molecule has 4 rings (SSSR count). The maximum atomic E-state index is 13.5. The quantitative estimate of drug-likeness (QED) is 0.439. The van der Waals surface area contributed by atoms with E-state index in [-0.39, 0.29) is 5.82 Å². The van der Waals surface area contributed by atoms with Crippen LogP contribution in [0.1, 0.15) is 5.56 Å². The molecule has 2 amide bonds. The number of hydrogen-bond donors (Lipinski definition) is 2. The molecule has 0 radical (unpaired) electrons. The Kier molecular flexibility index (Phi) is 6.21. The Labute approximate surface area is 189 Å². The summed E-state index contributed by atoms with van der Waals surface area (Å²) in [7, 11) is 3.19. The first kappa shape index (κ1) is 21.8. The van der Waals surface area contributed by atoms with Crippen LogP contribution in [0.4, 0.5) is 15.0 Å². The van der Waals surface area contributed by atoms with E-state index in [4.69, 9.17) is 15.2 Å². The number of methoxy groups -OCH3 is 2. The van der Waals surface area contributed by atoms with E-state index in [0.29, 0.717) is 29.6 Å². The zero-order chi connectivity index (χ0) is 23.4. The van der Waals surface area contributed by atoms with Crippen molar-refractivity contribution in [2.45, 2.75) is 6.54 Å². The molecule has 33 heavy (non-hydrogen) atoms. The van der Waals surface area contributed by atoms with Crippen LogP contribution < -0.4 is 20.5 Å². The highest BCUT2D eigenvalue weighted by molar-refractivity contribution is 5.88. The topological polar surface area (TPSA) is 104 Å². The molecule has 0 aliphatic rings. The molecular weight excluding hydrogens is 425 g/mol. The van der Waals surface area contributed by atoms with Crippen molar-refractivity contribution in [2.24, 2.45) is 5.73 Å². The van der Waals surface area contributed by atoms with Gasteiger partial charge >= 0.3 is 6.03 Å². The number of anilines is 1. The van der Waals surface area contributed by atoms with Crippen LogP contribution in [-0.2, 0) is 6.54 Å². The number of ether oxygens (including phenoxy) is 2. The number of nitrogens with one attached hydrogen (secondary N) is 1. The zero-order valence-corrected chi connectivity index (χ0v) is 18.1. The predicted molar refractivity (Wildman–Crippen MR) is 123 cm³/mol.